The number of benzene rings is 2. The van der Waals surface area contributed by atoms with E-state index in [0.29, 0.717) is 10.7 Å². The lowest BCUT2D eigenvalue weighted by Gasteiger charge is -2.07. The maximum atomic E-state index is 13.2. The van der Waals surface area contributed by atoms with Gasteiger partial charge in [0.1, 0.15) is 5.00 Å². The van der Waals surface area contributed by atoms with Crippen molar-refractivity contribution in [2.45, 2.75) is 0 Å². The third-order valence-electron chi connectivity index (χ3n) is 2.81. The van der Waals surface area contributed by atoms with E-state index in [9.17, 15) is 8.78 Å². The van der Waals surface area contributed by atoms with Crippen molar-refractivity contribution in [3.63, 3.8) is 0 Å². The van der Waals surface area contributed by atoms with E-state index in [4.69, 9.17) is 5.73 Å². The molecule has 1 heterocycles. The van der Waals surface area contributed by atoms with Crippen molar-refractivity contribution >= 4 is 37.8 Å². The van der Waals surface area contributed by atoms with E-state index in [0.717, 1.165) is 27.9 Å². The van der Waals surface area contributed by atoms with Gasteiger partial charge in [0.25, 0.3) is 0 Å². The number of hydrogen-bond acceptors (Lipinski definition) is 3. The molecule has 0 aliphatic carbocycles. The van der Waals surface area contributed by atoms with Gasteiger partial charge in [0.2, 0.25) is 0 Å². The minimum Gasteiger partial charge on any atom is -0.389 e. The van der Waals surface area contributed by atoms with Crippen LogP contribution in [0.4, 0.5) is 25.2 Å². The summed E-state index contributed by atoms with van der Waals surface area (Å²) in [4.78, 5) is 0. The number of nitrogen functional groups attached to an aromatic ring is 1. The van der Waals surface area contributed by atoms with Crippen LogP contribution >= 0.6 is 11.3 Å². The molecular formula is C14H10F2N2S. The lowest BCUT2D eigenvalue weighted by molar-refractivity contribution is 0.509. The van der Waals surface area contributed by atoms with Crippen LogP contribution in [0.3, 0.4) is 0 Å². The van der Waals surface area contributed by atoms with Crippen LogP contribution in [0.5, 0.6) is 0 Å². The van der Waals surface area contributed by atoms with Crippen molar-refractivity contribution in [3.05, 3.63) is 54.1 Å². The van der Waals surface area contributed by atoms with Crippen LogP contribution in [0.25, 0.3) is 10.1 Å². The second-order valence-electron chi connectivity index (χ2n) is 4.09. The number of fused-ring (bicyclic) bond motifs is 1. The normalized spacial score (nSPS) is 10.8. The Bertz CT molecular complexity index is 752. The van der Waals surface area contributed by atoms with Gasteiger partial charge in [0.15, 0.2) is 11.6 Å². The molecule has 5 heteroatoms. The lowest BCUT2D eigenvalue weighted by atomic mass is 10.2. The van der Waals surface area contributed by atoms with Gasteiger partial charge in [0, 0.05) is 21.8 Å². The molecule has 2 nitrogen and oxygen atoms in total. The molecule has 0 spiro atoms. The first-order valence-electron chi connectivity index (χ1n) is 5.64. The predicted molar refractivity (Wildman–Crippen MR) is 75.9 cm³/mol. The SMILES string of the molecule is Nc1sc2ccccc2c1Nc1ccc(F)c(F)c1. The standard InChI is InChI=1S/C14H10F2N2S/c15-10-6-5-8(7-11(10)16)18-13-9-3-1-2-4-12(9)19-14(13)17/h1-7,18H,17H2. The number of rotatable bonds is 2. The first-order valence-corrected chi connectivity index (χ1v) is 6.46. The van der Waals surface area contributed by atoms with Crippen LogP contribution in [0, 0.1) is 11.6 Å². The summed E-state index contributed by atoms with van der Waals surface area (Å²) in [5, 5.41) is 4.63. The highest BCUT2D eigenvalue weighted by molar-refractivity contribution is 7.23. The fraction of sp³-hybridized carbons (Fsp3) is 0. The van der Waals surface area contributed by atoms with Gasteiger partial charge in [-0.1, -0.05) is 18.2 Å². The van der Waals surface area contributed by atoms with Crippen LogP contribution in [0.15, 0.2) is 42.5 Å². The number of anilines is 3. The Balaban J connectivity index is 2.05. The first kappa shape index (κ1) is 11.9. The van der Waals surface area contributed by atoms with Crippen molar-refractivity contribution in [1.82, 2.24) is 0 Å². The molecular weight excluding hydrogens is 266 g/mol. The van der Waals surface area contributed by atoms with E-state index < -0.39 is 11.6 Å². The van der Waals surface area contributed by atoms with Gasteiger partial charge in [-0.15, -0.1) is 11.3 Å². The Hall–Kier alpha value is -2.14. The summed E-state index contributed by atoms with van der Waals surface area (Å²) in [5.41, 5.74) is 7.15. The second kappa shape index (κ2) is 4.51. The van der Waals surface area contributed by atoms with Gasteiger partial charge in [-0.25, -0.2) is 8.78 Å². The van der Waals surface area contributed by atoms with E-state index >= 15 is 0 Å². The van der Waals surface area contributed by atoms with Crippen LogP contribution in [-0.4, -0.2) is 0 Å². The zero-order valence-electron chi connectivity index (χ0n) is 9.78. The van der Waals surface area contributed by atoms with Gasteiger partial charge in [-0.2, -0.15) is 0 Å². The van der Waals surface area contributed by atoms with Gasteiger partial charge < -0.3 is 11.1 Å². The van der Waals surface area contributed by atoms with Gasteiger partial charge >= 0.3 is 0 Å². The molecule has 0 aliphatic heterocycles. The molecule has 3 aromatic rings. The van der Waals surface area contributed by atoms with Crippen molar-refractivity contribution in [3.8, 4) is 0 Å². The number of halogens is 2. The molecule has 3 rings (SSSR count). The van der Waals surface area contributed by atoms with Crippen molar-refractivity contribution in [2.24, 2.45) is 0 Å². The van der Waals surface area contributed by atoms with Gasteiger partial charge in [-0.3, -0.25) is 0 Å². The lowest BCUT2D eigenvalue weighted by Crippen LogP contribution is -1.94. The summed E-state index contributed by atoms with van der Waals surface area (Å²) >= 11 is 1.45. The number of nitrogens with two attached hydrogens (primary N) is 1. The van der Waals surface area contributed by atoms with Crippen molar-refractivity contribution in [2.75, 3.05) is 11.1 Å². The summed E-state index contributed by atoms with van der Waals surface area (Å²) < 4.78 is 27.1. The average molecular weight is 276 g/mol. The Morgan fingerprint density at radius 2 is 1.79 bits per heavy atom. The largest absolute Gasteiger partial charge is 0.389 e. The Kier molecular flexibility index (Phi) is 2.83. The fourth-order valence-corrected chi connectivity index (χ4v) is 2.84. The minimum absolute atomic E-state index is 0.467. The molecule has 0 fully saturated rings. The summed E-state index contributed by atoms with van der Waals surface area (Å²) in [5.74, 6) is -1.75. The Morgan fingerprint density at radius 1 is 1.00 bits per heavy atom. The van der Waals surface area contributed by atoms with E-state index in [2.05, 4.69) is 5.32 Å². The van der Waals surface area contributed by atoms with Crippen LogP contribution in [-0.2, 0) is 0 Å². The summed E-state index contributed by atoms with van der Waals surface area (Å²) in [7, 11) is 0. The Labute approximate surface area is 112 Å². The molecule has 0 amide bonds. The van der Waals surface area contributed by atoms with E-state index in [1.54, 1.807) is 0 Å². The summed E-state index contributed by atoms with van der Waals surface area (Å²) in [6, 6.07) is 11.4. The summed E-state index contributed by atoms with van der Waals surface area (Å²) in [6.07, 6.45) is 0. The molecule has 0 atom stereocenters. The zero-order chi connectivity index (χ0) is 13.4. The minimum atomic E-state index is -0.886. The average Bonchev–Trinajstić information content (AvgIpc) is 2.71. The maximum Gasteiger partial charge on any atom is 0.160 e. The maximum absolute atomic E-state index is 13.2. The highest BCUT2D eigenvalue weighted by Gasteiger charge is 2.10. The Morgan fingerprint density at radius 3 is 2.58 bits per heavy atom. The quantitative estimate of drug-likeness (QED) is 0.723. The molecule has 0 aliphatic rings. The third kappa shape index (κ3) is 2.13. The van der Waals surface area contributed by atoms with Crippen molar-refractivity contribution < 1.29 is 8.78 Å². The number of nitrogens with one attached hydrogen (secondary N) is 1. The highest BCUT2D eigenvalue weighted by atomic mass is 32.1. The molecule has 0 unspecified atom stereocenters. The van der Waals surface area contributed by atoms with Crippen LogP contribution < -0.4 is 11.1 Å². The predicted octanol–water partition coefficient (Wildman–Crippen LogP) is 4.51. The van der Waals surface area contributed by atoms with Gasteiger partial charge in [0.05, 0.1) is 5.69 Å². The fourth-order valence-electron chi connectivity index (χ4n) is 1.91. The van der Waals surface area contributed by atoms with Crippen LogP contribution in [0.1, 0.15) is 0 Å². The molecule has 3 N–H and O–H groups in total. The molecule has 1 aromatic heterocycles. The van der Waals surface area contributed by atoms with Crippen molar-refractivity contribution in [1.29, 1.82) is 0 Å². The first-order chi connectivity index (χ1) is 9.15. The number of thiophene rings is 1. The summed E-state index contributed by atoms with van der Waals surface area (Å²) in [6.45, 7) is 0. The molecule has 0 radical (unpaired) electrons. The molecule has 0 saturated heterocycles. The van der Waals surface area contributed by atoms with Crippen LogP contribution in [0.2, 0.25) is 0 Å². The zero-order valence-corrected chi connectivity index (χ0v) is 10.6. The molecule has 2 aromatic carbocycles. The molecule has 96 valence electrons. The van der Waals surface area contributed by atoms with E-state index in [-0.39, 0.29) is 0 Å². The third-order valence-corrected chi connectivity index (χ3v) is 3.81. The monoisotopic (exact) mass is 276 g/mol. The number of hydrogen-bond donors (Lipinski definition) is 2. The molecule has 0 bridgehead atoms. The van der Waals surface area contributed by atoms with E-state index in [1.165, 1.54) is 17.4 Å². The second-order valence-corrected chi connectivity index (χ2v) is 5.18. The van der Waals surface area contributed by atoms with E-state index in [1.807, 2.05) is 24.3 Å². The molecule has 19 heavy (non-hydrogen) atoms. The topological polar surface area (TPSA) is 38.0 Å². The smallest absolute Gasteiger partial charge is 0.160 e. The molecule has 0 saturated carbocycles. The van der Waals surface area contributed by atoms with Gasteiger partial charge in [-0.05, 0) is 18.2 Å². The highest BCUT2D eigenvalue weighted by Crippen LogP contribution is 2.39.